The van der Waals surface area contributed by atoms with Crippen molar-refractivity contribution in [2.75, 3.05) is 7.11 Å². The summed E-state index contributed by atoms with van der Waals surface area (Å²) in [6.45, 7) is 1.25. The van der Waals surface area contributed by atoms with Gasteiger partial charge in [0.25, 0.3) is 0 Å². The highest BCUT2D eigenvalue weighted by molar-refractivity contribution is 6.42. The molecule has 0 aliphatic rings. The van der Waals surface area contributed by atoms with Gasteiger partial charge >= 0.3 is 17.9 Å². The Hall–Kier alpha value is -2.28. The molecule has 0 spiro atoms. The second-order valence-corrected chi connectivity index (χ2v) is 6.51. The van der Waals surface area contributed by atoms with Gasteiger partial charge < -0.3 is 14.2 Å². The Morgan fingerprint density at radius 1 is 0.963 bits per heavy atom. The van der Waals surface area contributed by atoms with Crippen LogP contribution in [0.5, 0.6) is 11.5 Å². The van der Waals surface area contributed by atoms with Gasteiger partial charge in [-0.15, -0.1) is 0 Å². The van der Waals surface area contributed by atoms with Crippen LogP contribution in [0.25, 0.3) is 0 Å². The van der Waals surface area contributed by atoms with E-state index in [9.17, 15) is 14.4 Å². The fourth-order valence-corrected chi connectivity index (χ4v) is 3.13. The average molecular weight is 432 g/mol. The number of benzene rings is 2. The molecule has 0 aliphatic heterocycles. The number of carbonyl (C=O) groups is 3. The van der Waals surface area contributed by atoms with Crippen LogP contribution >= 0.6 is 34.8 Å². The van der Waals surface area contributed by atoms with Crippen LogP contribution in [0.3, 0.4) is 0 Å². The molecule has 0 saturated heterocycles. The van der Waals surface area contributed by atoms with Crippen molar-refractivity contribution in [2.24, 2.45) is 0 Å². The van der Waals surface area contributed by atoms with E-state index >= 15 is 0 Å². The van der Waals surface area contributed by atoms with Crippen LogP contribution < -0.4 is 9.47 Å². The number of hydrogen-bond donors (Lipinski definition) is 0. The van der Waals surface area contributed by atoms with Crippen LogP contribution in [0.2, 0.25) is 15.1 Å². The van der Waals surface area contributed by atoms with Crippen molar-refractivity contribution in [3.63, 3.8) is 0 Å². The zero-order chi connectivity index (χ0) is 20.1. The monoisotopic (exact) mass is 430 g/mol. The van der Waals surface area contributed by atoms with Crippen molar-refractivity contribution in [3.05, 3.63) is 56.5 Å². The first-order valence-corrected chi connectivity index (χ1v) is 8.59. The third-order valence-electron chi connectivity index (χ3n) is 3.25. The number of carbonyl (C=O) groups excluding carboxylic acids is 3. The van der Waals surface area contributed by atoms with Gasteiger partial charge in [-0.25, -0.2) is 4.79 Å². The number of hydrogen-bond acceptors (Lipinski definition) is 6. The Kier molecular flexibility index (Phi) is 7.07. The first-order valence-electron chi connectivity index (χ1n) is 7.46. The summed E-state index contributed by atoms with van der Waals surface area (Å²) in [7, 11) is 1.39. The SMILES string of the molecule is COc1cc(CC(=O)OC(=O)c2c(Cl)cc(Cl)cc2Cl)ccc1OC(C)=O. The van der Waals surface area contributed by atoms with E-state index in [1.165, 1.54) is 44.4 Å². The maximum Gasteiger partial charge on any atom is 0.348 e. The maximum atomic E-state index is 12.2. The van der Waals surface area contributed by atoms with E-state index in [0.717, 1.165) is 0 Å². The molecule has 2 aromatic rings. The number of ether oxygens (including phenoxy) is 3. The van der Waals surface area contributed by atoms with Crippen molar-refractivity contribution >= 4 is 52.7 Å². The molecular formula is C18H13Cl3O6. The first kappa shape index (κ1) is 21.0. The summed E-state index contributed by atoms with van der Waals surface area (Å²) in [5.74, 6) is -1.87. The van der Waals surface area contributed by atoms with E-state index in [-0.39, 0.29) is 38.6 Å². The molecule has 2 rings (SSSR count). The van der Waals surface area contributed by atoms with Gasteiger partial charge in [0.05, 0.1) is 29.1 Å². The van der Waals surface area contributed by atoms with Crippen molar-refractivity contribution in [3.8, 4) is 11.5 Å². The van der Waals surface area contributed by atoms with E-state index in [1.807, 2.05) is 0 Å². The molecular weight excluding hydrogens is 419 g/mol. The van der Waals surface area contributed by atoms with Crippen LogP contribution in [0.1, 0.15) is 22.8 Å². The minimum absolute atomic E-state index is 0.0299. The molecule has 0 N–H and O–H groups in total. The molecule has 0 bridgehead atoms. The summed E-state index contributed by atoms with van der Waals surface area (Å²) < 4.78 is 14.9. The fourth-order valence-electron chi connectivity index (χ4n) is 2.16. The summed E-state index contributed by atoms with van der Waals surface area (Å²) in [4.78, 5) is 35.3. The fraction of sp³-hybridized carbons (Fsp3) is 0.167. The lowest BCUT2D eigenvalue weighted by molar-refractivity contribution is -0.137. The van der Waals surface area contributed by atoms with Crippen molar-refractivity contribution < 1.29 is 28.6 Å². The third kappa shape index (κ3) is 5.60. The third-order valence-corrected chi connectivity index (χ3v) is 4.06. The zero-order valence-electron chi connectivity index (χ0n) is 14.2. The normalized spacial score (nSPS) is 10.3. The molecule has 0 amide bonds. The van der Waals surface area contributed by atoms with Crippen molar-refractivity contribution in [1.82, 2.24) is 0 Å². The summed E-state index contributed by atoms with van der Waals surface area (Å²) in [5.41, 5.74) is 0.327. The van der Waals surface area contributed by atoms with Gasteiger partial charge in [0.15, 0.2) is 11.5 Å². The molecule has 9 heteroatoms. The summed E-state index contributed by atoms with van der Waals surface area (Å²) in [6, 6.07) is 7.13. The molecule has 0 heterocycles. The molecule has 0 aromatic heterocycles. The first-order chi connectivity index (χ1) is 12.7. The molecule has 6 nitrogen and oxygen atoms in total. The zero-order valence-corrected chi connectivity index (χ0v) is 16.4. The van der Waals surface area contributed by atoms with Crippen LogP contribution in [-0.4, -0.2) is 25.0 Å². The maximum absolute atomic E-state index is 12.2. The van der Waals surface area contributed by atoms with E-state index in [4.69, 9.17) is 49.0 Å². The van der Waals surface area contributed by atoms with Crippen molar-refractivity contribution in [1.29, 1.82) is 0 Å². The van der Waals surface area contributed by atoms with Gasteiger partial charge in [-0.05, 0) is 29.8 Å². The predicted molar refractivity (Wildman–Crippen MR) is 99.9 cm³/mol. The summed E-state index contributed by atoms with van der Waals surface area (Å²) >= 11 is 17.6. The minimum atomic E-state index is -0.991. The van der Waals surface area contributed by atoms with E-state index < -0.39 is 17.9 Å². The van der Waals surface area contributed by atoms with Crippen LogP contribution in [0.15, 0.2) is 30.3 Å². The lowest BCUT2D eigenvalue weighted by Gasteiger charge is -2.10. The van der Waals surface area contributed by atoms with Gasteiger partial charge in [-0.3, -0.25) is 9.59 Å². The lowest BCUT2D eigenvalue weighted by Crippen LogP contribution is -2.15. The highest BCUT2D eigenvalue weighted by Gasteiger charge is 2.21. The second kappa shape index (κ2) is 9.08. The van der Waals surface area contributed by atoms with Gasteiger partial charge in [0, 0.05) is 11.9 Å². The Morgan fingerprint density at radius 3 is 2.15 bits per heavy atom. The standard InChI is InChI=1S/C18H13Cl3O6/c1-9(22)26-14-4-3-10(5-15(14)25-2)6-16(23)27-18(24)17-12(20)7-11(19)8-13(17)21/h3-5,7-8H,6H2,1-2H3. The summed E-state index contributed by atoms with van der Waals surface area (Å²) in [6.07, 6.45) is -0.231. The highest BCUT2D eigenvalue weighted by Crippen LogP contribution is 2.30. The smallest absolute Gasteiger partial charge is 0.348 e. The number of esters is 3. The number of methoxy groups -OCH3 is 1. The van der Waals surface area contributed by atoms with Gasteiger partial charge in [-0.1, -0.05) is 40.9 Å². The van der Waals surface area contributed by atoms with Crippen molar-refractivity contribution in [2.45, 2.75) is 13.3 Å². The Balaban J connectivity index is 2.12. The molecule has 0 atom stereocenters. The molecule has 142 valence electrons. The highest BCUT2D eigenvalue weighted by atomic mass is 35.5. The molecule has 0 unspecified atom stereocenters. The van der Waals surface area contributed by atoms with E-state index in [0.29, 0.717) is 5.56 Å². The van der Waals surface area contributed by atoms with E-state index in [1.54, 1.807) is 0 Å². The largest absolute Gasteiger partial charge is 0.493 e. The Morgan fingerprint density at radius 2 is 1.59 bits per heavy atom. The van der Waals surface area contributed by atoms with Crippen LogP contribution in [0, 0.1) is 0 Å². The summed E-state index contributed by atoms with van der Waals surface area (Å²) in [5, 5.41) is 0.184. The average Bonchev–Trinajstić information content (AvgIpc) is 2.54. The molecule has 2 aromatic carbocycles. The predicted octanol–water partition coefficient (Wildman–Crippen LogP) is 4.51. The van der Waals surface area contributed by atoms with Crippen LogP contribution in [0.4, 0.5) is 0 Å². The molecule has 0 saturated carbocycles. The van der Waals surface area contributed by atoms with Gasteiger partial charge in [0.1, 0.15) is 0 Å². The molecule has 27 heavy (non-hydrogen) atoms. The van der Waals surface area contributed by atoms with Gasteiger partial charge in [0.2, 0.25) is 0 Å². The Bertz CT molecular complexity index is 887. The number of rotatable bonds is 5. The van der Waals surface area contributed by atoms with E-state index in [2.05, 4.69) is 0 Å². The molecule has 0 radical (unpaired) electrons. The Labute approximate surface area is 169 Å². The van der Waals surface area contributed by atoms with Crippen LogP contribution in [-0.2, 0) is 20.7 Å². The topological polar surface area (TPSA) is 78.9 Å². The molecule has 0 aliphatic carbocycles. The quantitative estimate of drug-likeness (QED) is 0.394. The van der Waals surface area contributed by atoms with Gasteiger partial charge in [-0.2, -0.15) is 0 Å². The second-order valence-electron chi connectivity index (χ2n) is 5.26. The number of halogens is 3. The minimum Gasteiger partial charge on any atom is -0.493 e. The lowest BCUT2D eigenvalue weighted by atomic mass is 10.1. The molecule has 0 fully saturated rings.